The summed E-state index contributed by atoms with van der Waals surface area (Å²) in [6.07, 6.45) is 2.52. The van der Waals surface area contributed by atoms with Crippen LogP contribution in [-0.2, 0) is 4.79 Å². The maximum atomic E-state index is 12.3. The Balaban J connectivity index is 1.89. The number of phenolic OH excluding ortho intramolecular Hbond substituents is 1. The standard InChI is InChI=1S/C15H19NO4/c17-13-4-2-1-3-12(13)15(20)16-9-7-11(8-10-16)5-6-14(18)19/h1-4,11,17H,5-10H2,(H,18,19). The summed E-state index contributed by atoms with van der Waals surface area (Å²) in [6, 6.07) is 6.54. The van der Waals surface area contributed by atoms with Gasteiger partial charge in [-0.15, -0.1) is 0 Å². The van der Waals surface area contributed by atoms with E-state index in [9.17, 15) is 14.7 Å². The number of benzene rings is 1. The number of phenols is 1. The minimum absolute atomic E-state index is 0.00509. The number of likely N-dealkylation sites (tertiary alicyclic amines) is 1. The number of amides is 1. The first-order valence-corrected chi connectivity index (χ1v) is 6.87. The Labute approximate surface area is 117 Å². The zero-order valence-electron chi connectivity index (χ0n) is 11.3. The molecule has 1 aromatic carbocycles. The molecule has 108 valence electrons. The van der Waals surface area contributed by atoms with Gasteiger partial charge in [0.25, 0.3) is 5.91 Å². The molecule has 1 aliphatic rings. The maximum Gasteiger partial charge on any atom is 0.303 e. The summed E-state index contributed by atoms with van der Waals surface area (Å²) in [4.78, 5) is 24.5. The normalized spacial score (nSPS) is 16.1. The van der Waals surface area contributed by atoms with Crippen molar-refractivity contribution in [2.45, 2.75) is 25.7 Å². The highest BCUT2D eigenvalue weighted by Gasteiger charge is 2.25. The SMILES string of the molecule is O=C(O)CCC1CCN(C(=O)c2ccccc2O)CC1. The number of hydrogen-bond donors (Lipinski definition) is 2. The van der Waals surface area contributed by atoms with Crippen LogP contribution in [0.4, 0.5) is 0 Å². The fourth-order valence-corrected chi connectivity index (χ4v) is 2.58. The molecule has 0 saturated carbocycles. The number of aliphatic carboxylic acids is 1. The van der Waals surface area contributed by atoms with Crippen LogP contribution in [0.2, 0.25) is 0 Å². The third kappa shape index (κ3) is 3.50. The molecule has 1 fully saturated rings. The summed E-state index contributed by atoms with van der Waals surface area (Å²) in [5, 5.41) is 18.4. The van der Waals surface area contributed by atoms with Crippen molar-refractivity contribution in [2.75, 3.05) is 13.1 Å². The van der Waals surface area contributed by atoms with Crippen molar-refractivity contribution in [1.82, 2.24) is 4.90 Å². The van der Waals surface area contributed by atoms with Crippen molar-refractivity contribution in [3.63, 3.8) is 0 Å². The first-order chi connectivity index (χ1) is 9.58. The van der Waals surface area contributed by atoms with Crippen LogP contribution in [0, 0.1) is 5.92 Å². The van der Waals surface area contributed by atoms with Gasteiger partial charge in [-0.1, -0.05) is 12.1 Å². The van der Waals surface area contributed by atoms with Crippen LogP contribution in [0.15, 0.2) is 24.3 Å². The second-order valence-electron chi connectivity index (χ2n) is 5.19. The predicted molar refractivity (Wildman–Crippen MR) is 73.6 cm³/mol. The van der Waals surface area contributed by atoms with E-state index >= 15 is 0 Å². The monoisotopic (exact) mass is 277 g/mol. The molecule has 0 aromatic heterocycles. The van der Waals surface area contributed by atoms with Crippen LogP contribution >= 0.6 is 0 Å². The van der Waals surface area contributed by atoms with Gasteiger partial charge in [0.1, 0.15) is 5.75 Å². The van der Waals surface area contributed by atoms with Crippen LogP contribution in [0.1, 0.15) is 36.0 Å². The molecule has 1 amide bonds. The van der Waals surface area contributed by atoms with Gasteiger partial charge in [-0.05, 0) is 37.3 Å². The van der Waals surface area contributed by atoms with Crippen molar-refractivity contribution < 1.29 is 19.8 Å². The number of carbonyl (C=O) groups excluding carboxylic acids is 1. The van der Waals surface area contributed by atoms with E-state index in [1.165, 1.54) is 6.07 Å². The van der Waals surface area contributed by atoms with Crippen molar-refractivity contribution in [3.05, 3.63) is 29.8 Å². The highest BCUT2D eigenvalue weighted by Crippen LogP contribution is 2.25. The van der Waals surface area contributed by atoms with Gasteiger partial charge in [0.05, 0.1) is 5.56 Å². The Morgan fingerprint density at radius 3 is 2.45 bits per heavy atom. The number of rotatable bonds is 4. The second kappa shape index (κ2) is 6.41. The van der Waals surface area contributed by atoms with Crippen LogP contribution in [-0.4, -0.2) is 40.1 Å². The zero-order valence-corrected chi connectivity index (χ0v) is 11.3. The summed E-state index contributed by atoms with van der Waals surface area (Å²) in [7, 11) is 0. The Hall–Kier alpha value is -2.04. The fraction of sp³-hybridized carbons (Fsp3) is 0.467. The summed E-state index contributed by atoms with van der Waals surface area (Å²) in [5.74, 6) is -0.539. The number of para-hydroxylation sites is 1. The lowest BCUT2D eigenvalue weighted by atomic mass is 9.92. The molecule has 1 saturated heterocycles. The molecule has 1 aromatic rings. The average Bonchev–Trinajstić information content (AvgIpc) is 2.45. The summed E-state index contributed by atoms with van der Waals surface area (Å²) < 4.78 is 0. The number of piperidine rings is 1. The third-order valence-corrected chi connectivity index (χ3v) is 3.80. The molecular formula is C15H19NO4. The van der Waals surface area contributed by atoms with Gasteiger partial charge in [0, 0.05) is 19.5 Å². The molecule has 2 rings (SSSR count). The molecule has 1 heterocycles. The first-order valence-electron chi connectivity index (χ1n) is 6.87. The molecule has 0 radical (unpaired) electrons. The zero-order chi connectivity index (χ0) is 14.5. The quantitative estimate of drug-likeness (QED) is 0.883. The Morgan fingerprint density at radius 2 is 1.85 bits per heavy atom. The van der Waals surface area contributed by atoms with E-state index in [1.807, 2.05) is 0 Å². The number of carboxylic acid groups (broad SMARTS) is 1. The van der Waals surface area contributed by atoms with Gasteiger partial charge in [-0.3, -0.25) is 9.59 Å². The molecule has 5 nitrogen and oxygen atoms in total. The van der Waals surface area contributed by atoms with Crippen molar-refractivity contribution >= 4 is 11.9 Å². The van der Waals surface area contributed by atoms with E-state index in [4.69, 9.17) is 5.11 Å². The van der Waals surface area contributed by atoms with E-state index < -0.39 is 5.97 Å². The third-order valence-electron chi connectivity index (χ3n) is 3.80. The van der Waals surface area contributed by atoms with Gasteiger partial charge in [-0.2, -0.15) is 0 Å². The summed E-state index contributed by atoms with van der Waals surface area (Å²) >= 11 is 0. The average molecular weight is 277 g/mol. The number of nitrogens with zero attached hydrogens (tertiary/aromatic N) is 1. The molecule has 20 heavy (non-hydrogen) atoms. The Bertz CT molecular complexity index is 492. The summed E-state index contributed by atoms with van der Waals surface area (Å²) in [6.45, 7) is 1.24. The molecule has 1 aliphatic heterocycles. The maximum absolute atomic E-state index is 12.3. The van der Waals surface area contributed by atoms with E-state index in [0.29, 0.717) is 31.0 Å². The fourth-order valence-electron chi connectivity index (χ4n) is 2.58. The van der Waals surface area contributed by atoms with Crippen molar-refractivity contribution in [3.8, 4) is 5.75 Å². The lowest BCUT2D eigenvalue weighted by molar-refractivity contribution is -0.137. The van der Waals surface area contributed by atoms with Gasteiger partial charge in [0.15, 0.2) is 0 Å². The minimum Gasteiger partial charge on any atom is -0.507 e. The number of carbonyl (C=O) groups is 2. The van der Waals surface area contributed by atoms with E-state index in [0.717, 1.165) is 12.8 Å². The molecule has 0 unspecified atom stereocenters. The second-order valence-corrected chi connectivity index (χ2v) is 5.19. The van der Waals surface area contributed by atoms with E-state index in [1.54, 1.807) is 23.1 Å². The van der Waals surface area contributed by atoms with Gasteiger partial charge < -0.3 is 15.1 Å². The van der Waals surface area contributed by atoms with Gasteiger partial charge in [-0.25, -0.2) is 0 Å². The predicted octanol–water partition coefficient (Wildman–Crippen LogP) is 2.11. The highest BCUT2D eigenvalue weighted by molar-refractivity contribution is 5.96. The topological polar surface area (TPSA) is 77.8 Å². The molecule has 0 atom stereocenters. The van der Waals surface area contributed by atoms with Gasteiger partial charge >= 0.3 is 5.97 Å². The van der Waals surface area contributed by atoms with Crippen LogP contribution in [0.25, 0.3) is 0 Å². The number of carboxylic acids is 1. The number of aromatic hydroxyl groups is 1. The molecule has 0 aliphatic carbocycles. The van der Waals surface area contributed by atoms with E-state index in [2.05, 4.69) is 0 Å². The lowest BCUT2D eigenvalue weighted by Gasteiger charge is -2.32. The molecule has 0 spiro atoms. The molecule has 5 heteroatoms. The van der Waals surface area contributed by atoms with Crippen LogP contribution in [0.5, 0.6) is 5.75 Å². The summed E-state index contributed by atoms with van der Waals surface area (Å²) in [5.41, 5.74) is 0.330. The smallest absolute Gasteiger partial charge is 0.303 e. The van der Waals surface area contributed by atoms with Crippen molar-refractivity contribution in [2.24, 2.45) is 5.92 Å². The molecule has 2 N–H and O–H groups in total. The van der Waals surface area contributed by atoms with Crippen LogP contribution in [0.3, 0.4) is 0 Å². The highest BCUT2D eigenvalue weighted by atomic mass is 16.4. The number of hydrogen-bond acceptors (Lipinski definition) is 3. The molecule has 0 bridgehead atoms. The van der Waals surface area contributed by atoms with Crippen molar-refractivity contribution in [1.29, 1.82) is 0 Å². The Kier molecular flexibility index (Phi) is 4.61. The molecular weight excluding hydrogens is 258 g/mol. The van der Waals surface area contributed by atoms with E-state index in [-0.39, 0.29) is 18.1 Å². The van der Waals surface area contributed by atoms with Crippen LogP contribution < -0.4 is 0 Å². The van der Waals surface area contributed by atoms with Gasteiger partial charge in [0.2, 0.25) is 0 Å². The lowest BCUT2D eigenvalue weighted by Crippen LogP contribution is -2.38. The largest absolute Gasteiger partial charge is 0.507 e. The Morgan fingerprint density at radius 1 is 1.20 bits per heavy atom. The first kappa shape index (κ1) is 14.4. The minimum atomic E-state index is -0.766.